The summed E-state index contributed by atoms with van der Waals surface area (Å²) in [6, 6.07) is 13.2. The van der Waals surface area contributed by atoms with Crippen molar-refractivity contribution in [1.29, 1.82) is 5.26 Å². The molecule has 11 heteroatoms. The highest BCUT2D eigenvalue weighted by Crippen LogP contribution is 2.30. The van der Waals surface area contributed by atoms with Gasteiger partial charge in [0.15, 0.2) is 15.1 Å². The molecule has 0 saturated carbocycles. The fourth-order valence-corrected chi connectivity index (χ4v) is 4.26. The second kappa shape index (κ2) is 10.1. The Morgan fingerprint density at radius 2 is 1.71 bits per heavy atom. The van der Waals surface area contributed by atoms with Crippen molar-refractivity contribution in [2.24, 2.45) is 0 Å². The van der Waals surface area contributed by atoms with Gasteiger partial charge in [-0.2, -0.15) is 18.4 Å². The molecule has 0 aliphatic heterocycles. The molecule has 1 atom stereocenters. The number of alkyl halides is 3. The van der Waals surface area contributed by atoms with Crippen LogP contribution in [0.15, 0.2) is 54.6 Å². The van der Waals surface area contributed by atoms with Crippen LogP contribution in [0.25, 0.3) is 0 Å². The van der Waals surface area contributed by atoms with Gasteiger partial charge < -0.3 is 10.6 Å². The van der Waals surface area contributed by atoms with Crippen LogP contribution in [0.1, 0.15) is 21.5 Å². The summed E-state index contributed by atoms with van der Waals surface area (Å²) in [7, 11) is -4.35. The second-order valence-electron chi connectivity index (χ2n) is 6.45. The Balaban J connectivity index is 2.24. The SMILES string of the molecule is N#CCNC(=O)C(CNC(=O)c1ccccc1)S(=O)(=O)Cc1cccc(C(F)(F)F)c1. The predicted octanol–water partition coefficient (Wildman–Crippen LogP) is 2.06. The summed E-state index contributed by atoms with van der Waals surface area (Å²) in [6.45, 7) is -1.09. The smallest absolute Gasteiger partial charge is 0.350 e. The van der Waals surface area contributed by atoms with Crippen LogP contribution in [0.4, 0.5) is 13.2 Å². The van der Waals surface area contributed by atoms with Gasteiger partial charge in [0.2, 0.25) is 5.91 Å². The molecule has 0 bridgehead atoms. The van der Waals surface area contributed by atoms with Gasteiger partial charge in [-0.3, -0.25) is 9.59 Å². The van der Waals surface area contributed by atoms with Gasteiger partial charge in [0.1, 0.15) is 6.54 Å². The van der Waals surface area contributed by atoms with Gasteiger partial charge in [-0.25, -0.2) is 8.42 Å². The average Bonchev–Trinajstić information content (AvgIpc) is 2.72. The van der Waals surface area contributed by atoms with Gasteiger partial charge in [-0.15, -0.1) is 0 Å². The lowest BCUT2D eigenvalue weighted by Gasteiger charge is -2.18. The van der Waals surface area contributed by atoms with Crippen LogP contribution >= 0.6 is 0 Å². The minimum Gasteiger partial charge on any atom is -0.350 e. The topological polar surface area (TPSA) is 116 Å². The molecular formula is C20H18F3N3O4S. The third kappa shape index (κ3) is 6.82. The Bertz CT molecular complexity index is 1080. The molecular weight excluding hydrogens is 435 g/mol. The molecule has 2 N–H and O–H groups in total. The van der Waals surface area contributed by atoms with Crippen LogP contribution in [0.2, 0.25) is 0 Å². The Kier molecular flexibility index (Phi) is 7.77. The fraction of sp³-hybridized carbons (Fsp3) is 0.250. The molecule has 2 rings (SSSR count). The summed E-state index contributed by atoms with van der Waals surface area (Å²) in [6.07, 6.45) is -4.66. The van der Waals surface area contributed by atoms with Crippen LogP contribution in [0.5, 0.6) is 0 Å². The van der Waals surface area contributed by atoms with Gasteiger partial charge in [0.05, 0.1) is 17.4 Å². The molecule has 0 saturated heterocycles. The van der Waals surface area contributed by atoms with E-state index in [2.05, 4.69) is 10.6 Å². The Morgan fingerprint density at radius 1 is 1.03 bits per heavy atom. The number of hydrogen-bond donors (Lipinski definition) is 2. The van der Waals surface area contributed by atoms with Crippen molar-refractivity contribution in [3.63, 3.8) is 0 Å². The zero-order chi connectivity index (χ0) is 23.1. The number of nitriles is 1. The first kappa shape index (κ1) is 23.9. The molecule has 1 unspecified atom stereocenters. The zero-order valence-corrected chi connectivity index (χ0v) is 16.8. The number of nitrogens with zero attached hydrogens (tertiary/aromatic N) is 1. The standard InChI is InChI=1S/C20H18F3N3O4S/c21-20(22,23)16-8-4-5-14(11-16)13-31(29,30)17(19(28)25-10-9-24)12-26-18(27)15-6-2-1-3-7-15/h1-8,11,17H,10,12-13H2,(H,25,28)(H,26,27). The normalized spacial score (nSPS) is 12.5. The van der Waals surface area contributed by atoms with Crippen molar-refractivity contribution in [3.8, 4) is 6.07 Å². The maximum Gasteiger partial charge on any atom is 0.416 e. The molecule has 7 nitrogen and oxygen atoms in total. The third-order valence-corrected chi connectivity index (χ3v) is 6.16. The van der Waals surface area contributed by atoms with Crippen molar-refractivity contribution in [2.45, 2.75) is 17.2 Å². The average molecular weight is 453 g/mol. The number of nitrogens with one attached hydrogen (secondary N) is 2. The van der Waals surface area contributed by atoms with E-state index in [1.807, 2.05) is 0 Å². The molecule has 0 spiro atoms. The molecule has 0 heterocycles. The first-order valence-electron chi connectivity index (χ1n) is 8.90. The number of amides is 2. The first-order valence-corrected chi connectivity index (χ1v) is 10.6. The summed E-state index contributed by atoms with van der Waals surface area (Å²) >= 11 is 0. The van der Waals surface area contributed by atoms with E-state index in [1.54, 1.807) is 24.3 Å². The molecule has 2 amide bonds. The fourth-order valence-electron chi connectivity index (χ4n) is 2.67. The van der Waals surface area contributed by atoms with E-state index in [1.165, 1.54) is 18.2 Å². The van der Waals surface area contributed by atoms with Crippen molar-refractivity contribution in [2.75, 3.05) is 13.1 Å². The van der Waals surface area contributed by atoms with Gasteiger partial charge >= 0.3 is 6.18 Å². The second-order valence-corrected chi connectivity index (χ2v) is 8.63. The minimum atomic E-state index is -4.66. The van der Waals surface area contributed by atoms with Crippen molar-refractivity contribution < 1.29 is 31.2 Å². The van der Waals surface area contributed by atoms with Gasteiger partial charge in [-0.05, 0) is 23.8 Å². The summed E-state index contributed by atoms with van der Waals surface area (Å²) in [5.74, 6) is -2.53. The predicted molar refractivity (Wildman–Crippen MR) is 105 cm³/mol. The number of carbonyl (C=O) groups excluding carboxylic acids is 2. The maximum atomic E-state index is 12.9. The van der Waals surface area contributed by atoms with Crippen LogP contribution in [0, 0.1) is 11.3 Å². The van der Waals surface area contributed by atoms with Gasteiger partial charge in [-0.1, -0.05) is 36.4 Å². The van der Waals surface area contributed by atoms with Crippen LogP contribution in [-0.2, 0) is 26.6 Å². The molecule has 2 aromatic rings. The zero-order valence-electron chi connectivity index (χ0n) is 16.0. The van der Waals surface area contributed by atoms with Crippen LogP contribution < -0.4 is 10.6 Å². The summed E-state index contributed by atoms with van der Waals surface area (Å²) in [5.41, 5.74) is -0.959. The number of halogens is 3. The first-order chi connectivity index (χ1) is 14.5. The molecule has 0 fully saturated rings. The third-order valence-electron chi connectivity index (χ3n) is 4.17. The van der Waals surface area contributed by atoms with Gasteiger partial charge in [0, 0.05) is 12.1 Å². The largest absolute Gasteiger partial charge is 0.416 e. The van der Waals surface area contributed by atoms with E-state index < -0.39 is 57.5 Å². The van der Waals surface area contributed by atoms with E-state index in [0.29, 0.717) is 6.07 Å². The minimum absolute atomic E-state index is 0.165. The molecule has 0 aromatic heterocycles. The lowest BCUT2D eigenvalue weighted by atomic mass is 10.1. The van der Waals surface area contributed by atoms with Crippen LogP contribution in [-0.4, -0.2) is 38.6 Å². The highest BCUT2D eigenvalue weighted by molar-refractivity contribution is 7.92. The monoisotopic (exact) mass is 453 g/mol. The van der Waals surface area contributed by atoms with Crippen molar-refractivity contribution in [1.82, 2.24) is 10.6 Å². The molecule has 31 heavy (non-hydrogen) atoms. The van der Waals surface area contributed by atoms with E-state index >= 15 is 0 Å². The highest BCUT2D eigenvalue weighted by Gasteiger charge is 2.34. The number of sulfone groups is 1. The lowest BCUT2D eigenvalue weighted by molar-refractivity contribution is -0.137. The summed E-state index contributed by atoms with van der Waals surface area (Å²) in [4.78, 5) is 24.6. The quantitative estimate of drug-likeness (QED) is 0.594. The number of hydrogen-bond acceptors (Lipinski definition) is 5. The molecule has 164 valence electrons. The molecule has 0 aliphatic rings. The maximum absolute atomic E-state index is 12.9. The van der Waals surface area contributed by atoms with E-state index in [9.17, 15) is 31.2 Å². The number of carbonyl (C=O) groups is 2. The van der Waals surface area contributed by atoms with E-state index in [-0.39, 0.29) is 11.1 Å². The van der Waals surface area contributed by atoms with Crippen molar-refractivity contribution in [3.05, 3.63) is 71.3 Å². The van der Waals surface area contributed by atoms with E-state index in [4.69, 9.17) is 5.26 Å². The Morgan fingerprint density at radius 3 is 2.32 bits per heavy atom. The summed E-state index contributed by atoms with van der Waals surface area (Å²) < 4.78 is 64.4. The molecule has 0 aliphatic carbocycles. The lowest BCUT2D eigenvalue weighted by Crippen LogP contribution is -2.47. The van der Waals surface area contributed by atoms with Crippen molar-refractivity contribution >= 4 is 21.7 Å². The Hall–Kier alpha value is -3.39. The Labute approximate surface area is 176 Å². The van der Waals surface area contributed by atoms with Gasteiger partial charge in [0.25, 0.3) is 5.91 Å². The highest BCUT2D eigenvalue weighted by atomic mass is 32.2. The number of rotatable bonds is 8. The summed E-state index contributed by atoms with van der Waals surface area (Å²) in [5, 5.41) is 11.3. The molecule has 0 radical (unpaired) electrons. The van der Waals surface area contributed by atoms with E-state index in [0.717, 1.165) is 12.1 Å². The number of benzene rings is 2. The molecule has 2 aromatic carbocycles. The van der Waals surface area contributed by atoms with Crippen LogP contribution in [0.3, 0.4) is 0 Å².